The number of benzene rings is 2. The average Bonchev–Trinajstić information content (AvgIpc) is 2.63. The molecule has 3 rings (SSSR count). The van der Waals surface area contributed by atoms with Crippen LogP contribution in [0, 0.1) is 0 Å². The maximum absolute atomic E-state index is 11.9. The molecule has 3 aromatic rings. The van der Waals surface area contributed by atoms with Gasteiger partial charge in [-0.15, -0.1) is 0 Å². The lowest BCUT2D eigenvalue weighted by atomic mass is 10.0. The Morgan fingerprint density at radius 2 is 1.96 bits per heavy atom. The second kappa shape index (κ2) is 7.55. The van der Waals surface area contributed by atoms with E-state index in [0.29, 0.717) is 29.7 Å². The number of hydrogen-bond donors (Lipinski definition) is 3. The van der Waals surface area contributed by atoms with Gasteiger partial charge in [0, 0.05) is 16.6 Å². The molecular weight excluding hydrogens is 316 g/mol. The summed E-state index contributed by atoms with van der Waals surface area (Å²) in [5.41, 5.74) is 7.27. The Kier molecular flexibility index (Phi) is 5.01. The van der Waals surface area contributed by atoms with Crippen molar-refractivity contribution in [2.45, 2.75) is 6.42 Å². The van der Waals surface area contributed by atoms with Gasteiger partial charge in [0.15, 0.2) is 0 Å². The Morgan fingerprint density at radius 1 is 1.16 bits per heavy atom. The van der Waals surface area contributed by atoms with Crippen LogP contribution in [0.1, 0.15) is 6.42 Å². The van der Waals surface area contributed by atoms with Crippen LogP contribution >= 0.6 is 0 Å². The summed E-state index contributed by atoms with van der Waals surface area (Å²) >= 11 is 0. The highest BCUT2D eigenvalue weighted by Gasteiger charge is 2.09. The lowest BCUT2D eigenvalue weighted by Crippen LogP contribution is -2.10. The molecule has 4 N–H and O–H groups in total. The Morgan fingerprint density at radius 3 is 2.76 bits per heavy atom. The number of nitrogens with one attached hydrogen (secondary N) is 2. The topological polar surface area (TPSA) is 101 Å². The van der Waals surface area contributed by atoms with Crippen molar-refractivity contribution in [2.75, 3.05) is 11.9 Å². The Bertz CT molecular complexity index is 992. The minimum Gasteiger partial charge on any atom is -0.330 e. The number of carbonyl (C=O) groups excluding carboxylic acids is 1. The molecule has 2 aromatic carbocycles. The van der Waals surface area contributed by atoms with Crippen molar-refractivity contribution < 1.29 is 4.79 Å². The van der Waals surface area contributed by atoms with E-state index in [0.717, 1.165) is 10.9 Å². The predicted octanol–water partition coefficient (Wildman–Crippen LogP) is 2.43. The summed E-state index contributed by atoms with van der Waals surface area (Å²) in [6.45, 7) is 0.504. The fourth-order valence-corrected chi connectivity index (χ4v) is 2.55. The lowest BCUT2D eigenvalue weighted by Gasteiger charge is -2.08. The van der Waals surface area contributed by atoms with Crippen molar-refractivity contribution in [3.8, 4) is 11.3 Å². The molecule has 1 heterocycles. The van der Waals surface area contributed by atoms with Crippen molar-refractivity contribution in [1.82, 2.24) is 10.2 Å². The van der Waals surface area contributed by atoms with E-state index >= 15 is 0 Å². The first-order valence-electron chi connectivity index (χ1n) is 7.94. The van der Waals surface area contributed by atoms with Gasteiger partial charge in [0.1, 0.15) is 0 Å². The third kappa shape index (κ3) is 3.81. The molecule has 0 spiro atoms. The van der Waals surface area contributed by atoms with Gasteiger partial charge in [-0.3, -0.25) is 9.59 Å². The normalized spacial score (nSPS) is 11.1. The quantitative estimate of drug-likeness (QED) is 0.624. The number of amides is 1. The SMILES string of the molecule is NCCC=CC(=O)Nc1cccc(-c2n[nH]c(=O)c3ccccc23)c1. The van der Waals surface area contributed by atoms with Gasteiger partial charge < -0.3 is 11.1 Å². The van der Waals surface area contributed by atoms with E-state index in [2.05, 4.69) is 15.5 Å². The van der Waals surface area contributed by atoms with E-state index in [1.165, 1.54) is 6.08 Å². The third-order valence-electron chi connectivity index (χ3n) is 3.70. The lowest BCUT2D eigenvalue weighted by molar-refractivity contribution is -0.111. The number of nitrogens with two attached hydrogens (primary N) is 1. The zero-order chi connectivity index (χ0) is 17.6. The van der Waals surface area contributed by atoms with Crippen molar-refractivity contribution in [2.24, 2.45) is 5.73 Å². The highest BCUT2D eigenvalue weighted by atomic mass is 16.1. The van der Waals surface area contributed by atoms with Gasteiger partial charge in [0.25, 0.3) is 5.56 Å². The van der Waals surface area contributed by atoms with E-state index < -0.39 is 0 Å². The number of aromatic amines is 1. The van der Waals surface area contributed by atoms with Gasteiger partial charge in [0.2, 0.25) is 5.91 Å². The van der Waals surface area contributed by atoms with Crippen LogP contribution in [0.2, 0.25) is 0 Å². The third-order valence-corrected chi connectivity index (χ3v) is 3.70. The van der Waals surface area contributed by atoms with E-state index in [-0.39, 0.29) is 11.5 Å². The van der Waals surface area contributed by atoms with Gasteiger partial charge in [-0.2, -0.15) is 5.10 Å². The smallest absolute Gasteiger partial charge is 0.272 e. The fourth-order valence-electron chi connectivity index (χ4n) is 2.55. The Labute approximate surface area is 144 Å². The summed E-state index contributed by atoms with van der Waals surface area (Å²) in [6.07, 6.45) is 3.85. The van der Waals surface area contributed by atoms with Crippen LogP contribution < -0.4 is 16.6 Å². The number of aromatic nitrogens is 2. The van der Waals surface area contributed by atoms with Gasteiger partial charge in [-0.25, -0.2) is 5.10 Å². The molecule has 6 nitrogen and oxygen atoms in total. The number of nitrogens with zero attached hydrogens (tertiary/aromatic N) is 1. The standard InChI is InChI=1S/C19H18N4O2/c20-11-4-3-10-17(24)21-14-7-5-6-13(12-14)18-15-8-1-2-9-16(15)19(25)23-22-18/h1-3,5-10,12H,4,11,20H2,(H,21,24)(H,23,25). The first-order chi connectivity index (χ1) is 12.2. The largest absolute Gasteiger partial charge is 0.330 e. The molecule has 0 atom stereocenters. The molecule has 6 heteroatoms. The van der Waals surface area contributed by atoms with Crippen molar-refractivity contribution in [3.05, 3.63) is 71.0 Å². The van der Waals surface area contributed by atoms with Crippen LogP contribution in [0.5, 0.6) is 0 Å². The summed E-state index contributed by atoms with van der Waals surface area (Å²) in [5, 5.41) is 10.8. The molecule has 0 aliphatic carbocycles. The minimum atomic E-state index is -0.228. The van der Waals surface area contributed by atoms with Gasteiger partial charge >= 0.3 is 0 Å². The Hall–Kier alpha value is -3.25. The average molecular weight is 334 g/mol. The molecule has 0 aliphatic heterocycles. The number of anilines is 1. The molecule has 0 aliphatic rings. The number of hydrogen-bond acceptors (Lipinski definition) is 4. The zero-order valence-corrected chi connectivity index (χ0v) is 13.5. The summed E-state index contributed by atoms with van der Waals surface area (Å²) in [7, 11) is 0. The van der Waals surface area contributed by atoms with Crippen LogP contribution in [0.25, 0.3) is 22.0 Å². The van der Waals surface area contributed by atoms with Crippen LogP contribution in [0.3, 0.4) is 0 Å². The molecule has 0 bridgehead atoms. The molecule has 1 aromatic heterocycles. The molecule has 0 fully saturated rings. The molecular formula is C19H18N4O2. The summed E-state index contributed by atoms with van der Waals surface area (Å²) < 4.78 is 0. The maximum Gasteiger partial charge on any atom is 0.272 e. The zero-order valence-electron chi connectivity index (χ0n) is 13.5. The highest BCUT2D eigenvalue weighted by molar-refractivity contribution is 6.00. The summed E-state index contributed by atoms with van der Waals surface area (Å²) in [6, 6.07) is 14.6. The second-order valence-corrected chi connectivity index (χ2v) is 5.50. The first-order valence-corrected chi connectivity index (χ1v) is 7.94. The minimum absolute atomic E-state index is 0.218. The van der Waals surface area contributed by atoms with Gasteiger partial charge in [0.05, 0.1) is 11.1 Å². The van der Waals surface area contributed by atoms with Crippen LogP contribution in [0.15, 0.2) is 65.5 Å². The summed E-state index contributed by atoms with van der Waals surface area (Å²) in [4.78, 5) is 23.8. The van der Waals surface area contributed by atoms with Crippen molar-refractivity contribution >= 4 is 22.4 Å². The number of fused-ring (bicyclic) bond motifs is 1. The second-order valence-electron chi connectivity index (χ2n) is 5.50. The number of rotatable bonds is 5. The molecule has 126 valence electrons. The maximum atomic E-state index is 11.9. The monoisotopic (exact) mass is 334 g/mol. The fraction of sp³-hybridized carbons (Fsp3) is 0.105. The van der Waals surface area contributed by atoms with Gasteiger partial charge in [-0.05, 0) is 37.2 Å². The molecule has 0 unspecified atom stereocenters. The first kappa shape index (κ1) is 16.6. The molecule has 0 saturated heterocycles. The Balaban J connectivity index is 1.94. The van der Waals surface area contributed by atoms with Gasteiger partial charge in [-0.1, -0.05) is 36.4 Å². The van der Waals surface area contributed by atoms with Crippen molar-refractivity contribution in [1.29, 1.82) is 0 Å². The molecule has 25 heavy (non-hydrogen) atoms. The molecule has 0 radical (unpaired) electrons. The van der Waals surface area contributed by atoms with E-state index in [9.17, 15) is 9.59 Å². The van der Waals surface area contributed by atoms with Crippen LogP contribution in [0.4, 0.5) is 5.69 Å². The highest BCUT2D eigenvalue weighted by Crippen LogP contribution is 2.26. The van der Waals surface area contributed by atoms with E-state index in [4.69, 9.17) is 5.73 Å². The predicted molar refractivity (Wildman–Crippen MR) is 99.2 cm³/mol. The number of carbonyl (C=O) groups is 1. The van der Waals surface area contributed by atoms with Crippen molar-refractivity contribution in [3.63, 3.8) is 0 Å². The molecule has 0 saturated carbocycles. The van der Waals surface area contributed by atoms with Crippen LogP contribution in [-0.4, -0.2) is 22.6 Å². The number of H-pyrrole nitrogens is 1. The molecule has 1 amide bonds. The summed E-state index contributed by atoms with van der Waals surface area (Å²) in [5.74, 6) is -0.218. The van der Waals surface area contributed by atoms with Crippen LogP contribution in [-0.2, 0) is 4.79 Å². The van der Waals surface area contributed by atoms with E-state index in [1.54, 1.807) is 18.2 Å². The van der Waals surface area contributed by atoms with E-state index in [1.807, 2.05) is 36.4 Å².